The second-order valence-electron chi connectivity index (χ2n) is 22.7. The molecule has 3 rings (SSSR count). The maximum atomic E-state index is 14.2. The number of primary amides is 1. The zero-order chi connectivity index (χ0) is 65.8. The number of carbonyl (C=O) groups is 11. The molecule has 0 spiro atoms. The van der Waals surface area contributed by atoms with Crippen LogP contribution in [0.15, 0.2) is 54.7 Å². The van der Waals surface area contributed by atoms with Crippen LogP contribution in [-0.4, -0.2) is 155 Å². The fourth-order valence-electron chi connectivity index (χ4n) is 9.81. The summed E-state index contributed by atoms with van der Waals surface area (Å²) in [5.74, 6) is -10.4. The number of aromatic hydroxyl groups is 1. The summed E-state index contributed by atoms with van der Waals surface area (Å²) >= 11 is 0. The summed E-state index contributed by atoms with van der Waals surface area (Å²) in [6.07, 6.45) is 14.5. The molecule has 20 N–H and O–H groups in total. The van der Waals surface area contributed by atoms with Gasteiger partial charge in [0, 0.05) is 36.0 Å². The highest BCUT2D eigenvalue weighted by Crippen LogP contribution is 2.20. The Hall–Kier alpha value is -8.17. The van der Waals surface area contributed by atoms with Gasteiger partial charge in [-0.05, 0) is 93.8 Å². The molecule has 1 heterocycles. The number of fused-ring (bicyclic) bond motifs is 1. The number of benzene rings is 2. The van der Waals surface area contributed by atoms with E-state index in [0.717, 1.165) is 35.7 Å². The molecule has 3 aromatic rings. The summed E-state index contributed by atoms with van der Waals surface area (Å²) in [6, 6.07) is 2.00. The smallest absolute Gasteiger partial charge is 0.325 e. The summed E-state index contributed by atoms with van der Waals surface area (Å²) in [5, 5.41) is 42.9. The number of rotatable bonds is 45. The van der Waals surface area contributed by atoms with E-state index in [9.17, 15) is 63.0 Å². The number of H-pyrrole nitrogens is 1. The van der Waals surface area contributed by atoms with Crippen LogP contribution in [-0.2, 0) is 65.6 Å². The topological polar surface area (TPSA) is 456 Å². The number of aryl methyl sites for hydroxylation is 1. The van der Waals surface area contributed by atoms with Crippen LogP contribution in [0.2, 0.25) is 0 Å². The lowest BCUT2D eigenvalue weighted by molar-refractivity contribution is -0.142. The van der Waals surface area contributed by atoms with E-state index in [1.54, 1.807) is 13.8 Å². The number of hydrogen-bond acceptors (Lipinski definition) is 15. The molecule has 1 unspecified atom stereocenters. The van der Waals surface area contributed by atoms with Gasteiger partial charge in [-0.1, -0.05) is 122 Å². The Morgan fingerprint density at radius 2 is 1.12 bits per heavy atom. The quantitative estimate of drug-likeness (QED) is 0.0348. The lowest BCUT2D eigenvalue weighted by Gasteiger charge is -2.30. The van der Waals surface area contributed by atoms with E-state index in [1.165, 1.54) is 76.1 Å². The number of aliphatic carboxylic acids is 1. The Bertz CT molecular complexity index is 2760. The van der Waals surface area contributed by atoms with E-state index in [4.69, 9.17) is 22.9 Å². The standard InChI is InChI=1S/C62H98N14O13/c1-5-7-8-9-10-11-12-13-14-15-16-23-51(79)71-47(29-26-41-35-67-45-21-18-17-20-43(41)45)56(82)69-36-52(80)68-37-53(81)75-54(38(3)6-2)60(86)72-46(22-19-31-63)57(83)76-55(44(65)30-32-64)61(87)74-49(34-50(66)78)59(85)73-48(58(84)70-39(4)62(88)89)33-40-24-27-42(77)28-25-40/h17-18,20-21,24-25,27-28,35,38-39,44,46-49,54-55,67,77H,5-16,19,22-23,26,29-34,36-37,63-65H2,1-4H3,(H2,66,78)(H,68,80)(H,69,82)(H,70,84)(H,71,79)(H,72,86)(H,73,85)(H,74,87)(H,75,81)(H,76,83)(H,88,89)/t38-,39-,44?,46-,47-,48-,49-,54-,55-/m0/s1. The molecule has 0 radical (unpaired) electrons. The van der Waals surface area contributed by atoms with Crippen molar-refractivity contribution in [3.05, 3.63) is 65.9 Å². The minimum Gasteiger partial charge on any atom is -0.508 e. The first-order valence-electron chi connectivity index (χ1n) is 31.2. The maximum Gasteiger partial charge on any atom is 0.325 e. The predicted molar refractivity (Wildman–Crippen MR) is 336 cm³/mol. The normalized spacial score (nSPS) is 14.2. The first-order chi connectivity index (χ1) is 42.5. The molecule has 89 heavy (non-hydrogen) atoms. The van der Waals surface area contributed by atoms with Crippen molar-refractivity contribution in [3.63, 3.8) is 0 Å². The van der Waals surface area contributed by atoms with E-state index >= 15 is 0 Å². The molecule has 27 heteroatoms. The predicted octanol–water partition coefficient (Wildman–Crippen LogP) is 0.817. The van der Waals surface area contributed by atoms with Gasteiger partial charge in [-0.3, -0.25) is 52.7 Å². The number of hydrogen-bond donors (Lipinski definition) is 16. The van der Waals surface area contributed by atoms with Gasteiger partial charge in [0.25, 0.3) is 0 Å². The van der Waals surface area contributed by atoms with Crippen LogP contribution >= 0.6 is 0 Å². The van der Waals surface area contributed by atoms with E-state index < -0.39 is 133 Å². The van der Waals surface area contributed by atoms with Gasteiger partial charge in [0.05, 0.1) is 19.5 Å². The molecule has 494 valence electrons. The Kier molecular flexibility index (Phi) is 34.7. The minimum atomic E-state index is -1.79. The van der Waals surface area contributed by atoms with Crippen LogP contribution in [0.1, 0.15) is 154 Å². The molecular weight excluding hydrogens is 1150 g/mol. The largest absolute Gasteiger partial charge is 0.508 e. The Morgan fingerprint density at radius 1 is 0.551 bits per heavy atom. The van der Waals surface area contributed by atoms with Gasteiger partial charge in [0.2, 0.25) is 59.1 Å². The lowest BCUT2D eigenvalue weighted by Crippen LogP contribution is -2.64. The first kappa shape index (κ1) is 75.1. The molecular formula is C62H98N14O13. The summed E-state index contributed by atoms with van der Waals surface area (Å²) in [5.41, 5.74) is 25.8. The number of phenols is 1. The van der Waals surface area contributed by atoms with Crippen molar-refractivity contribution in [2.75, 3.05) is 26.2 Å². The number of carboxylic acids is 1. The number of carbonyl (C=O) groups excluding carboxylic acids is 10. The number of unbranched alkanes of at least 4 members (excludes halogenated alkanes) is 10. The molecule has 0 aliphatic carbocycles. The fourth-order valence-corrected chi connectivity index (χ4v) is 9.81. The van der Waals surface area contributed by atoms with Gasteiger partial charge in [0.15, 0.2) is 0 Å². The van der Waals surface area contributed by atoms with Gasteiger partial charge < -0.3 is 86.0 Å². The molecule has 27 nitrogen and oxygen atoms in total. The van der Waals surface area contributed by atoms with Crippen molar-refractivity contribution in [3.8, 4) is 5.75 Å². The number of aromatic nitrogens is 1. The van der Waals surface area contributed by atoms with Gasteiger partial charge in [-0.25, -0.2) is 0 Å². The molecule has 0 bridgehead atoms. The third kappa shape index (κ3) is 28.3. The average molecular weight is 1250 g/mol. The van der Waals surface area contributed by atoms with E-state index in [1.807, 2.05) is 30.5 Å². The van der Waals surface area contributed by atoms with Crippen molar-refractivity contribution < 1.29 is 63.0 Å². The fraction of sp³-hybridized carbons (Fsp3) is 0.597. The van der Waals surface area contributed by atoms with Gasteiger partial charge in [-0.15, -0.1) is 0 Å². The van der Waals surface area contributed by atoms with Crippen LogP contribution in [0.25, 0.3) is 10.9 Å². The Balaban J connectivity index is 1.69. The monoisotopic (exact) mass is 1250 g/mol. The summed E-state index contributed by atoms with van der Waals surface area (Å²) in [7, 11) is 0. The lowest BCUT2D eigenvalue weighted by atomic mass is 9.97. The zero-order valence-electron chi connectivity index (χ0n) is 52.1. The second-order valence-corrected chi connectivity index (χ2v) is 22.7. The highest BCUT2D eigenvalue weighted by atomic mass is 16.4. The van der Waals surface area contributed by atoms with Gasteiger partial charge >= 0.3 is 5.97 Å². The van der Waals surface area contributed by atoms with Crippen LogP contribution in [0.3, 0.4) is 0 Å². The number of aromatic amines is 1. The highest BCUT2D eigenvalue weighted by Gasteiger charge is 2.36. The molecule has 0 saturated heterocycles. The van der Waals surface area contributed by atoms with Crippen molar-refractivity contribution in [2.24, 2.45) is 28.9 Å². The molecule has 0 aliphatic rings. The summed E-state index contributed by atoms with van der Waals surface area (Å²) in [4.78, 5) is 150. The zero-order valence-corrected chi connectivity index (χ0v) is 52.1. The summed E-state index contributed by atoms with van der Waals surface area (Å²) < 4.78 is 0. The molecule has 0 fully saturated rings. The van der Waals surface area contributed by atoms with E-state index in [-0.39, 0.29) is 63.3 Å². The number of amides is 10. The molecule has 2 aromatic carbocycles. The van der Waals surface area contributed by atoms with Crippen molar-refractivity contribution in [2.45, 2.75) is 204 Å². The first-order valence-corrected chi connectivity index (χ1v) is 31.2. The van der Waals surface area contributed by atoms with Crippen molar-refractivity contribution >= 4 is 75.9 Å². The molecule has 1 aromatic heterocycles. The number of carboxylic acid groups (broad SMARTS) is 1. The molecule has 10 amide bonds. The number of para-hydroxylation sites is 1. The average Bonchev–Trinajstić information content (AvgIpc) is 3.16. The highest BCUT2D eigenvalue weighted by molar-refractivity contribution is 5.99. The molecule has 0 aliphatic heterocycles. The Morgan fingerprint density at radius 3 is 1.74 bits per heavy atom. The van der Waals surface area contributed by atoms with Crippen LogP contribution in [0.5, 0.6) is 5.75 Å². The van der Waals surface area contributed by atoms with Crippen molar-refractivity contribution in [1.29, 1.82) is 0 Å². The van der Waals surface area contributed by atoms with Crippen LogP contribution in [0, 0.1) is 5.92 Å². The van der Waals surface area contributed by atoms with Gasteiger partial charge in [0.1, 0.15) is 48.0 Å². The SMILES string of the molecule is CCCCCCCCCCCCCC(=O)N[C@@H](CCc1c[nH]c2ccccc12)C(=O)NCC(=O)NCC(=O)N[C@H](C(=O)N[C@@H](CCCN)C(=O)N[C@H](C(=O)N[C@@H](CC(N)=O)C(=O)N[C@@H](Cc1ccc(O)cc1)C(=O)N[C@@H](C)C(=O)O)C(N)CCN)[C@@H](C)CC. The Labute approximate surface area is 521 Å². The second kappa shape index (κ2) is 41.1. The molecule has 9 atom stereocenters. The van der Waals surface area contributed by atoms with E-state index in [0.29, 0.717) is 24.8 Å². The number of nitrogens with one attached hydrogen (secondary N) is 10. The third-order valence-electron chi connectivity index (χ3n) is 15.3. The minimum absolute atomic E-state index is 0.0621. The van der Waals surface area contributed by atoms with E-state index in [2.05, 4.69) is 59.8 Å². The summed E-state index contributed by atoms with van der Waals surface area (Å²) in [6.45, 7) is 5.64. The maximum absolute atomic E-state index is 14.2. The van der Waals surface area contributed by atoms with Crippen molar-refractivity contribution in [1.82, 2.24) is 52.8 Å². The third-order valence-corrected chi connectivity index (χ3v) is 15.3. The van der Waals surface area contributed by atoms with Crippen LogP contribution in [0.4, 0.5) is 0 Å². The van der Waals surface area contributed by atoms with Crippen LogP contribution < -0.4 is 70.8 Å². The molecule has 0 saturated carbocycles. The number of phenolic OH excluding ortho intramolecular Hbond substituents is 1. The number of nitrogens with two attached hydrogens (primary N) is 4. The van der Waals surface area contributed by atoms with Gasteiger partial charge in [-0.2, -0.15) is 0 Å².